The van der Waals surface area contributed by atoms with E-state index in [1.54, 1.807) is 0 Å². The number of hydrogen-bond donors (Lipinski definition) is 2. The van der Waals surface area contributed by atoms with Crippen LogP contribution in [0.4, 0.5) is 0 Å². The van der Waals surface area contributed by atoms with Crippen LogP contribution in [0.2, 0.25) is 0 Å². The largest absolute Gasteiger partial charge is 0.386 e. The zero-order valence-electron chi connectivity index (χ0n) is 4.94. The predicted octanol–water partition coefficient (Wildman–Crippen LogP) is 0.554. The standard InChI is InChI=1S/C6H10N2/c1-6-5-7-3-2-4-8-6/h2,4-5,7-8H,3H2,1H3. The van der Waals surface area contributed by atoms with Gasteiger partial charge in [-0.3, -0.25) is 0 Å². The fourth-order valence-electron chi connectivity index (χ4n) is 0.571. The molecule has 2 N–H and O–H groups in total. The minimum Gasteiger partial charge on any atom is -0.386 e. The molecule has 0 atom stereocenters. The van der Waals surface area contributed by atoms with E-state index in [4.69, 9.17) is 0 Å². The van der Waals surface area contributed by atoms with Gasteiger partial charge in [0.15, 0.2) is 0 Å². The van der Waals surface area contributed by atoms with E-state index in [9.17, 15) is 0 Å². The van der Waals surface area contributed by atoms with Crippen molar-refractivity contribution in [3.63, 3.8) is 0 Å². The highest BCUT2D eigenvalue weighted by Gasteiger charge is 1.84. The van der Waals surface area contributed by atoms with E-state index in [-0.39, 0.29) is 0 Å². The van der Waals surface area contributed by atoms with Crippen LogP contribution in [-0.4, -0.2) is 6.54 Å². The molecule has 0 bridgehead atoms. The average molecular weight is 110 g/mol. The molecule has 0 radical (unpaired) electrons. The maximum atomic E-state index is 3.09. The van der Waals surface area contributed by atoms with Crippen LogP contribution in [-0.2, 0) is 0 Å². The average Bonchev–Trinajstić information content (AvgIpc) is 1.94. The first-order chi connectivity index (χ1) is 3.89. The normalized spacial score (nSPS) is 17.9. The molecule has 0 saturated heterocycles. The van der Waals surface area contributed by atoms with E-state index in [0.29, 0.717) is 0 Å². The Labute approximate surface area is 49.3 Å². The Balaban J connectivity index is 2.51. The maximum absolute atomic E-state index is 3.09. The Hall–Kier alpha value is -0.920. The van der Waals surface area contributed by atoms with Crippen LogP contribution in [0.15, 0.2) is 24.2 Å². The Morgan fingerprint density at radius 2 is 2.50 bits per heavy atom. The van der Waals surface area contributed by atoms with Gasteiger partial charge in [-0.15, -0.1) is 0 Å². The van der Waals surface area contributed by atoms with Crippen molar-refractivity contribution in [2.24, 2.45) is 0 Å². The first-order valence-corrected chi connectivity index (χ1v) is 2.71. The molecule has 0 saturated carbocycles. The van der Waals surface area contributed by atoms with Crippen LogP contribution < -0.4 is 10.6 Å². The highest BCUT2D eigenvalue weighted by molar-refractivity contribution is 5.03. The topological polar surface area (TPSA) is 24.1 Å². The molecule has 2 heteroatoms. The number of rotatable bonds is 0. The molecule has 1 rings (SSSR count). The van der Waals surface area contributed by atoms with Gasteiger partial charge in [0.05, 0.1) is 0 Å². The van der Waals surface area contributed by atoms with Gasteiger partial charge in [0.1, 0.15) is 0 Å². The van der Waals surface area contributed by atoms with Crippen LogP contribution in [0.5, 0.6) is 0 Å². The summed E-state index contributed by atoms with van der Waals surface area (Å²) < 4.78 is 0. The number of hydrogen-bond acceptors (Lipinski definition) is 2. The second-order valence-electron chi connectivity index (χ2n) is 1.78. The second-order valence-corrected chi connectivity index (χ2v) is 1.78. The third-order valence-corrected chi connectivity index (χ3v) is 0.983. The highest BCUT2D eigenvalue weighted by Crippen LogP contribution is 1.85. The Bertz CT molecular complexity index is 124. The van der Waals surface area contributed by atoms with Gasteiger partial charge in [0.25, 0.3) is 0 Å². The molecule has 1 aliphatic rings. The van der Waals surface area contributed by atoms with Crippen molar-refractivity contribution in [3.05, 3.63) is 24.2 Å². The lowest BCUT2D eigenvalue weighted by Gasteiger charge is -1.94. The summed E-state index contributed by atoms with van der Waals surface area (Å²) in [5, 5.41) is 6.15. The summed E-state index contributed by atoms with van der Waals surface area (Å²) in [6, 6.07) is 0. The van der Waals surface area contributed by atoms with E-state index >= 15 is 0 Å². The molecule has 0 spiro atoms. The van der Waals surface area contributed by atoms with Gasteiger partial charge in [-0.1, -0.05) is 0 Å². The minimum atomic E-state index is 0.921. The Morgan fingerprint density at radius 3 is 3.38 bits per heavy atom. The molecule has 0 unspecified atom stereocenters. The number of nitrogens with one attached hydrogen (secondary N) is 2. The summed E-state index contributed by atoms with van der Waals surface area (Å²) in [6.45, 7) is 2.94. The minimum absolute atomic E-state index is 0.921. The molecule has 8 heavy (non-hydrogen) atoms. The van der Waals surface area contributed by atoms with Crippen molar-refractivity contribution in [3.8, 4) is 0 Å². The predicted molar refractivity (Wildman–Crippen MR) is 34.0 cm³/mol. The SMILES string of the molecule is CC1=CNCC=CN1. The quantitative estimate of drug-likeness (QED) is 0.476. The lowest BCUT2D eigenvalue weighted by atomic mass is 10.5. The summed E-state index contributed by atoms with van der Waals surface area (Å²) in [4.78, 5) is 0. The van der Waals surface area contributed by atoms with Crippen LogP contribution >= 0.6 is 0 Å². The van der Waals surface area contributed by atoms with Gasteiger partial charge < -0.3 is 10.6 Å². The van der Waals surface area contributed by atoms with E-state index in [1.165, 1.54) is 0 Å². The van der Waals surface area contributed by atoms with Crippen LogP contribution in [0.3, 0.4) is 0 Å². The Kier molecular flexibility index (Phi) is 1.57. The molecule has 0 aromatic rings. The molecule has 0 amide bonds. The molecule has 1 aliphatic heterocycles. The van der Waals surface area contributed by atoms with Crippen molar-refractivity contribution in [1.82, 2.24) is 10.6 Å². The van der Waals surface area contributed by atoms with Gasteiger partial charge in [0.2, 0.25) is 0 Å². The molecule has 0 aromatic heterocycles. The second kappa shape index (κ2) is 2.40. The van der Waals surface area contributed by atoms with Gasteiger partial charge in [-0.2, -0.15) is 0 Å². The summed E-state index contributed by atoms with van der Waals surface area (Å²) in [5.41, 5.74) is 1.15. The van der Waals surface area contributed by atoms with Crippen molar-refractivity contribution < 1.29 is 0 Å². The van der Waals surface area contributed by atoms with Gasteiger partial charge in [0, 0.05) is 18.4 Å². The van der Waals surface area contributed by atoms with E-state index in [0.717, 1.165) is 12.2 Å². The van der Waals surface area contributed by atoms with E-state index in [1.807, 2.05) is 25.4 Å². The molecule has 44 valence electrons. The van der Waals surface area contributed by atoms with Gasteiger partial charge in [-0.25, -0.2) is 0 Å². The van der Waals surface area contributed by atoms with Crippen molar-refractivity contribution >= 4 is 0 Å². The third kappa shape index (κ3) is 1.30. The fraction of sp³-hybridized carbons (Fsp3) is 0.333. The molecule has 0 aromatic carbocycles. The summed E-state index contributed by atoms with van der Waals surface area (Å²) in [5.74, 6) is 0. The fourth-order valence-corrected chi connectivity index (χ4v) is 0.571. The summed E-state index contributed by atoms with van der Waals surface area (Å²) >= 11 is 0. The van der Waals surface area contributed by atoms with Gasteiger partial charge in [-0.05, 0) is 19.2 Å². The summed E-state index contributed by atoms with van der Waals surface area (Å²) in [7, 11) is 0. The zero-order valence-corrected chi connectivity index (χ0v) is 4.94. The van der Waals surface area contributed by atoms with Crippen molar-refractivity contribution in [2.45, 2.75) is 6.92 Å². The Morgan fingerprint density at radius 1 is 1.62 bits per heavy atom. The zero-order chi connectivity index (χ0) is 5.82. The van der Waals surface area contributed by atoms with Gasteiger partial charge >= 0.3 is 0 Å². The smallest absolute Gasteiger partial charge is 0.0342 e. The molecular formula is C6H10N2. The van der Waals surface area contributed by atoms with Crippen LogP contribution in [0.1, 0.15) is 6.92 Å². The maximum Gasteiger partial charge on any atom is 0.0342 e. The number of allylic oxidation sites excluding steroid dienone is 1. The molecular weight excluding hydrogens is 100 g/mol. The molecule has 0 aliphatic carbocycles. The summed E-state index contributed by atoms with van der Waals surface area (Å²) in [6.07, 6.45) is 5.93. The van der Waals surface area contributed by atoms with Crippen molar-refractivity contribution in [2.75, 3.05) is 6.54 Å². The van der Waals surface area contributed by atoms with Crippen molar-refractivity contribution in [1.29, 1.82) is 0 Å². The first kappa shape index (κ1) is 5.22. The van der Waals surface area contributed by atoms with Crippen LogP contribution in [0.25, 0.3) is 0 Å². The highest BCUT2D eigenvalue weighted by atomic mass is 14.9. The lowest BCUT2D eigenvalue weighted by Crippen LogP contribution is -2.04. The molecule has 2 nitrogen and oxygen atoms in total. The van der Waals surface area contributed by atoms with E-state index < -0.39 is 0 Å². The van der Waals surface area contributed by atoms with E-state index in [2.05, 4.69) is 10.6 Å². The first-order valence-electron chi connectivity index (χ1n) is 2.71. The monoisotopic (exact) mass is 110 g/mol. The van der Waals surface area contributed by atoms with Crippen LogP contribution in [0, 0.1) is 0 Å². The lowest BCUT2D eigenvalue weighted by molar-refractivity contribution is 0.968. The third-order valence-electron chi connectivity index (χ3n) is 0.983. The molecule has 1 heterocycles. The molecule has 0 fully saturated rings.